The Kier molecular flexibility index (Phi) is 3.97. The lowest BCUT2D eigenvalue weighted by atomic mass is 10.7. The van der Waals surface area contributed by atoms with Crippen LogP contribution in [0.15, 0.2) is 15.1 Å². The normalized spacial score (nSPS) is 10.9. The Balaban J connectivity index is 3.36. The van der Waals surface area contributed by atoms with Gasteiger partial charge in [0.1, 0.15) is 5.76 Å². The quantitative estimate of drug-likeness (QED) is 0.324. The van der Waals surface area contributed by atoms with Gasteiger partial charge < -0.3 is 4.84 Å². The molecule has 0 aromatic heterocycles. The second-order valence-electron chi connectivity index (χ2n) is 0.902. The molecule has 0 amide bonds. The van der Waals surface area contributed by atoms with Gasteiger partial charge in [-0.3, -0.25) is 0 Å². The van der Waals surface area contributed by atoms with Gasteiger partial charge in [-0.1, -0.05) is 0 Å². The summed E-state index contributed by atoms with van der Waals surface area (Å²) in [4.78, 5) is 4.34. The topological polar surface area (TPSA) is 45.4 Å². The predicted molar refractivity (Wildman–Crippen MR) is 34.0 cm³/mol. The summed E-state index contributed by atoms with van der Waals surface area (Å²) in [5.41, 5.74) is 6.20. The van der Waals surface area contributed by atoms with Gasteiger partial charge in [0.2, 0.25) is 0 Å². The molecule has 0 aliphatic heterocycles. The number of rotatable bonds is 2. The number of halogens is 1. The summed E-state index contributed by atoms with van der Waals surface area (Å²) in [5.74, 6) is 0.635. The molecule has 0 saturated heterocycles. The minimum absolute atomic E-state index is 0.635. The molecule has 0 saturated carbocycles. The van der Waals surface area contributed by atoms with E-state index in [0.29, 0.717) is 5.76 Å². The van der Waals surface area contributed by atoms with Gasteiger partial charge in [-0.25, -0.2) is 0 Å². The maximum Gasteiger partial charge on any atom is 0.139 e. The van der Waals surface area contributed by atoms with Crippen molar-refractivity contribution in [1.82, 2.24) is 0 Å². The molecule has 7 heavy (non-hydrogen) atoms. The monoisotopic (exact) mass is 212 g/mol. The molecule has 3 nitrogen and oxygen atoms in total. The number of nitrogens with zero attached hydrogens (tertiary/aromatic N) is 1. The lowest BCUT2D eigenvalue weighted by Crippen LogP contribution is -1.71. The molecule has 0 spiro atoms. The highest BCUT2D eigenvalue weighted by Gasteiger charge is 1.79. The molecule has 0 aromatic rings. The first-order chi connectivity index (χ1) is 3.31. The van der Waals surface area contributed by atoms with E-state index in [1.807, 2.05) is 22.6 Å². The lowest BCUT2D eigenvalue weighted by molar-refractivity contribution is 0.196. The van der Waals surface area contributed by atoms with E-state index in [1.54, 1.807) is 11.0 Å². The third-order valence-electron chi connectivity index (χ3n) is 0.343. The highest BCUT2D eigenvalue weighted by Crippen LogP contribution is 1.98. The van der Waals surface area contributed by atoms with E-state index < -0.39 is 0 Å². The van der Waals surface area contributed by atoms with Crippen LogP contribution in [0.3, 0.4) is 0 Å². The summed E-state index contributed by atoms with van der Waals surface area (Å²) in [7, 11) is 0. The first-order valence-electron chi connectivity index (χ1n) is 1.62. The molecule has 0 aromatic carbocycles. The molecular formula is C3H5IN2O. The first-order valence-corrected chi connectivity index (χ1v) is 2.86. The highest BCUT2D eigenvalue weighted by atomic mass is 127. The van der Waals surface area contributed by atoms with Gasteiger partial charge in [0.25, 0.3) is 0 Å². The zero-order valence-corrected chi connectivity index (χ0v) is 5.97. The van der Waals surface area contributed by atoms with Crippen molar-refractivity contribution in [1.29, 1.82) is 5.53 Å². The third-order valence-corrected chi connectivity index (χ3v) is 1.22. The van der Waals surface area contributed by atoms with E-state index in [2.05, 4.69) is 10.1 Å². The van der Waals surface area contributed by atoms with Crippen LogP contribution in [0.2, 0.25) is 0 Å². The summed E-state index contributed by atoms with van der Waals surface area (Å²) in [6, 6.07) is 0. The van der Waals surface area contributed by atoms with E-state index >= 15 is 0 Å². The number of nitrogens with one attached hydrogen (secondary N) is 1. The van der Waals surface area contributed by atoms with Crippen LogP contribution >= 0.6 is 22.6 Å². The fraction of sp³-hybridized carbons (Fsp3) is 0.333. The van der Waals surface area contributed by atoms with E-state index in [4.69, 9.17) is 5.53 Å². The molecule has 0 atom stereocenters. The zero-order chi connectivity index (χ0) is 5.70. The fourth-order valence-electron chi connectivity index (χ4n) is 0.0919. The standard InChI is InChI=1S/C3H5IN2O/c1-3(2-4)7-6-5/h2,5H,1H3/b3-2-,6-5?. The highest BCUT2D eigenvalue weighted by molar-refractivity contribution is 14.1. The summed E-state index contributed by atoms with van der Waals surface area (Å²) >= 11 is 2.01. The maximum absolute atomic E-state index is 6.20. The van der Waals surface area contributed by atoms with E-state index in [-0.39, 0.29) is 0 Å². The van der Waals surface area contributed by atoms with Gasteiger partial charge in [0, 0.05) is 9.36 Å². The molecule has 1 N–H and O–H groups in total. The van der Waals surface area contributed by atoms with Crippen LogP contribution in [0.1, 0.15) is 6.92 Å². The lowest BCUT2D eigenvalue weighted by Gasteiger charge is -1.87. The minimum Gasteiger partial charge on any atom is -0.344 e. The Morgan fingerprint density at radius 2 is 2.57 bits per heavy atom. The SMILES string of the molecule is C/C(=C/I)ON=N. The fourth-order valence-corrected chi connectivity index (χ4v) is 0.206. The summed E-state index contributed by atoms with van der Waals surface area (Å²) in [6.45, 7) is 1.73. The van der Waals surface area contributed by atoms with Gasteiger partial charge in [-0.05, 0) is 29.5 Å². The maximum atomic E-state index is 6.20. The Labute approximate surface area is 55.3 Å². The summed E-state index contributed by atoms with van der Waals surface area (Å²) < 4.78 is 1.70. The molecule has 0 bridgehead atoms. The zero-order valence-electron chi connectivity index (χ0n) is 3.81. The predicted octanol–water partition coefficient (Wildman–Crippen LogP) is 2.25. The van der Waals surface area contributed by atoms with Gasteiger partial charge in [-0.2, -0.15) is 5.53 Å². The Morgan fingerprint density at radius 3 is 2.71 bits per heavy atom. The number of hydrogen-bond acceptors (Lipinski definition) is 3. The molecule has 0 unspecified atom stereocenters. The third kappa shape index (κ3) is 3.71. The van der Waals surface area contributed by atoms with Gasteiger partial charge >= 0.3 is 0 Å². The van der Waals surface area contributed by atoms with Crippen molar-refractivity contribution in [2.24, 2.45) is 5.28 Å². The second-order valence-corrected chi connectivity index (χ2v) is 1.53. The summed E-state index contributed by atoms with van der Waals surface area (Å²) in [6.07, 6.45) is 0. The smallest absolute Gasteiger partial charge is 0.139 e. The molecule has 0 rings (SSSR count). The van der Waals surface area contributed by atoms with Crippen molar-refractivity contribution in [2.45, 2.75) is 6.92 Å². The number of allylic oxidation sites excluding steroid dienone is 1. The Hall–Kier alpha value is -0.130. The average Bonchev–Trinajstić information content (AvgIpc) is 1.68. The molecule has 0 aliphatic rings. The molecule has 40 valence electrons. The van der Waals surface area contributed by atoms with E-state index in [9.17, 15) is 0 Å². The Morgan fingerprint density at radius 1 is 2.00 bits per heavy atom. The van der Waals surface area contributed by atoms with Crippen molar-refractivity contribution in [3.05, 3.63) is 9.84 Å². The van der Waals surface area contributed by atoms with Crippen LogP contribution in [0, 0.1) is 5.53 Å². The van der Waals surface area contributed by atoms with Crippen LogP contribution in [0.25, 0.3) is 0 Å². The molecule has 0 aliphatic carbocycles. The van der Waals surface area contributed by atoms with Crippen molar-refractivity contribution in [3.8, 4) is 0 Å². The van der Waals surface area contributed by atoms with E-state index in [0.717, 1.165) is 0 Å². The van der Waals surface area contributed by atoms with Gasteiger partial charge in [0.05, 0.1) is 0 Å². The van der Waals surface area contributed by atoms with Crippen molar-refractivity contribution >= 4 is 22.6 Å². The van der Waals surface area contributed by atoms with Crippen LogP contribution < -0.4 is 0 Å². The summed E-state index contributed by atoms with van der Waals surface area (Å²) in [5, 5.41) is 2.68. The minimum atomic E-state index is 0.635. The van der Waals surface area contributed by atoms with Crippen LogP contribution in [-0.2, 0) is 4.84 Å². The van der Waals surface area contributed by atoms with Crippen LogP contribution in [0.5, 0.6) is 0 Å². The largest absolute Gasteiger partial charge is 0.344 e. The van der Waals surface area contributed by atoms with Gasteiger partial charge in [0.15, 0.2) is 0 Å². The molecule has 4 heteroatoms. The van der Waals surface area contributed by atoms with E-state index in [1.165, 1.54) is 0 Å². The van der Waals surface area contributed by atoms with Crippen molar-refractivity contribution < 1.29 is 4.84 Å². The molecular weight excluding hydrogens is 207 g/mol. The van der Waals surface area contributed by atoms with Crippen LogP contribution in [0.4, 0.5) is 0 Å². The molecule has 0 radical (unpaired) electrons. The van der Waals surface area contributed by atoms with Crippen LogP contribution in [-0.4, -0.2) is 0 Å². The Bertz CT molecular complexity index is 90.9. The molecule has 0 heterocycles. The molecule has 0 fully saturated rings. The first kappa shape index (κ1) is 6.87. The van der Waals surface area contributed by atoms with Crippen molar-refractivity contribution in [3.63, 3.8) is 0 Å². The second kappa shape index (κ2) is 4.04. The van der Waals surface area contributed by atoms with Crippen molar-refractivity contribution in [2.75, 3.05) is 0 Å². The number of hydrogen-bond donors (Lipinski definition) is 1. The average molecular weight is 212 g/mol. The van der Waals surface area contributed by atoms with Gasteiger partial charge in [-0.15, -0.1) is 0 Å².